The van der Waals surface area contributed by atoms with Crippen molar-refractivity contribution in [2.24, 2.45) is 11.8 Å². The maximum absolute atomic E-state index is 13.8. The van der Waals surface area contributed by atoms with Gasteiger partial charge in [0.05, 0.1) is 22.7 Å². The van der Waals surface area contributed by atoms with Gasteiger partial charge >= 0.3 is 0 Å². The average molecular weight is 399 g/mol. The van der Waals surface area contributed by atoms with Crippen molar-refractivity contribution in [2.75, 3.05) is 34.3 Å². The number of hydrogen-bond acceptors (Lipinski definition) is 6. The van der Waals surface area contributed by atoms with Crippen LogP contribution in [0.4, 0.5) is 0 Å². The number of nitrogens with zero attached hydrogens (tertiary/aromatic N) is 4. The summed E-state index contributed by atoms with van der Waals surface area (Å²) in [6, 6.07) is 0.411. The molecule has 4 atom stereocenters. The summed E-state index contributed by atoms with van der Waals surface area (Å²) in [5.41, 5.74) is 4.20. The number of likely N-dealkylation sites (tertiary alicyclic amines) is 1. The molecule has 0 spiro atoms. The molecule has 2 aromatic heterocycles. The monoisotopic (exact) mass is 398 g/mol. The lowest BCUT2D eigenvalue weighted by Crippen LogP contribution is -2.47. The summed E-state index contributed by atoms with van der Waals surface area (Å²) in [7, 11) is 6.06. The van der Waals surface area contributed by atoms with Crippen LogP contribution in [0, 0.1) is 18.8 Å². The Morgan fingerprint density at radius 1 is 1.21 bits per heavy atom. The first-order valence-corrected chi connectivity index (χ1v) is 10.7. The van der Waals surface area contributed by atoms with Crippen LogP contribution in [-0.4, -0.2) is 72.3 Å². The Bertz CT molecular complexity index is 953. The molecule has 0 unspecified atom stereocenters. The molecule has 1 aliphatic heterocycles. The number of fused-ring (bicyclic) bond motifs is 3. The number of aryl methyl sites for hydroxylation is 2. The van der Waals surface area contributed by atoms with Crippen LogP contribution >= 0.6 is 0 Å². The van der Waals surface area contributed by atoms with Crippen molar-refractivity contribution in [3.05, 3.63) is 22.5 Å². The predicted molar refractivity (Wildman–Crippen MR) is 109 cm³/mol. The van der Waals surface area contributed by atoms with E-state index in [-0.39, 0.29) is 12.0 Å². The quantitative estimate of drug-likeness (QED) is 0.791. The minimum atomic E-state index is 0.131. The normalized spacial score (nSPS) is 28.9. The van der Waals surface area contributed by atoms with Gasteiger partial charge in [-0.25, -0.2) is 4.98 Å². The molecule has 0 N–H and O–H groups in total. The van der Waals surface area contributed by atoms with Crippen molar-refractivity contribution >= 4 is 17.0 Å². The molecule has 1 saturated carbocycles. The van der Waals surface area contributed by atoms with Gasteiger partial charge in [-0.15, -0.1) is 0 Å². The third kappa shape index (κ3) is 2.97. The number of pyridine rings is 1. The zero-order chi connectivity index (χ0) is 20.3. The lowest BCUT2D eigenvalue weighted by atomic mass is 9.77. The van der Waals surface area contributed by atoms with Crippen LogP contribution in [0.1, 0.15) is 46.6 Å². The Morgan fingerprint density at radius 2 is 1.97 bits per heavy atom. The van der Waals surface area contributed by atoms with Gasteiger partial charge in [0.1, 0.15) is 0 Å². The van der Waals surface area contributed by atoms with Crippen molar-refractivity contribution in [3.8, 4) is 0 Å². The van der Waals surface area contributed by atoms with Gasteiger partial charge < -0.3 is 19.1 Å². The second-order valence-corrected chi connectivity index (χ2v) is 9.22. The van der Waals surface area contributed by atoms with Gasteiger partial charge in [-0.2, -0.15) is 0 Å². The minimum absolute atomic E-state index is 0.131. The summed E-state index contributed by atoms with van der Waals surface area (Å²) >= 11 is 0. The standard InChI is InChI=1S/C22H30N4O3/c1-12-19-20(15-6-5-7-16(15)23-21(19)29-24-12)22(27)26-10-13-8-17(25(2)3)18(28-4)9-14(13)11-26/h13-14,17-18H,5-11H2,1-4H3/t13-,14+,17-,18-/m1/s1. The van der Waals surface area contributed by atoms with Gasteiger partial charge in [0.2, 0.25) is 0 Å². The van der Waals surface area contributed by atoms with Gasteiger partial charge in [0, 0.05) is 31.9 Å². The molecule has 2 aliphatic carbocycles. The number of rotatable bonds is 3. The highest BCUT2D eigenvalue weighted by Gasteiger charge is 2.45. The van der Waals surface area contributed by atoms with E-state index in [2.05, 4.69) is 34.0 Å². The maximum Gasteiger partial charge on any atom is 0.259 e. The molecular weight excluding hydrogens is 368 g/mol. The third-order valence-corrected chi connectivity index (χ3v) is 7.37. The molecule has 1 saturated heterocycles. The number of carbonyl (C=O) groups is 1. The number of hydrogen-bond donors (Lipinski definition) is 0. The Balaban J connectivity index is 1.47. The SMILES string of the molecule is CO[C@@H]1C[C@H]2CN(C(=O)c3c4c(nc5onc(C)c35)CCC4)C[C@H]2C[C@H]1N(C)C. The van der Waals surface area contributed by atoms with Crippen molar-refractivity contribution in [3.63, 3.8) is 0 Å². The zero-order valence-electron chi connectivity index (χ0n) is 17.8. The van der Waals surface area contributed by atoms with E-state index in [1.807, 2.05) is 14.0 Å². The first-order valence-electron chi connectivity index (χ1n) is 10.7. The second kappa shape index (κ2) is 7.06. The lowest BCUT2D eigenvalue weighted by Gasteiger charge is -2.40. The van der Waals surface area contributed by atoms with E-state index in [0.717, 1.165) is 73.1 Å². The smallest absolute Gasteiger partial charge is 0.259 e. The van der Waals surface area contributed by atoms with Crippen LogP contribution in [0.5, 0.6) is 0 Å². The summed E-state index contributed by atoms with van der Waals surface area (Å²) in [5, 5.41) is 4.91. The number of likely N-dealkylation sites (N-methyl/N-ethyl adjacent to an activating group) is 1. The van der Waals surface area contributed by atoms with E-state index >= 15 is 0 Å². The second-order valence-electron chi connectivity index (χ2n) is 9.22. The highest BCUT2D eigenvalue weighted by molar-refractivity contribution is 6.07. The topological polar surface area (TPSA) is 71.7 Å². The number of aromatic nitrogens is 2. The molecule has 0 aromatic carbocycles. The number of amides is 1. The van der Waals surface area contributed by atoms with Crippen LogP contribution < -0.4 is 0 Å². The average Bonchev–Trinajstić information content (AvgIpc) is 3.42. The van der Waals surface area contributed by atoms with Gasteiger partial charge in [-0.1, -0.05) is 5.16 Å². The molecule has 0 bridgehead atoms. The van der Waals surface area contributed by atoms with E-state index in [1.165, 1.54) is 0 Å². The van der Waals surface area contributed by atoms with E-state index in [0.29, 0.717) is 23.6 Å². The van der Waals surface area contributed by atoms with Crippen LogP contribution in [0.25, 0.3) is 11.1 Å². The van der Waals surface area contributed by atoms with Gasteiger partial charge in [0.15, 0.2) is 0 Å². The molecule has 3 aliphatic rings. The Kier molecular flexibility index (Phi) is 4.62. The fourth-order valence-electron chi connectivity index (χ4n) is 5.86. The summed E-state index contributed by atoms with van der Waals surface area (Å²) < 4.78 is 11.2. The highest BCUT2D eigenvalue weighted by atomic mass is 16.5. The van der Waals surface area contributed by atoms with E-state index < -0.39 is 0 Å². The molecule has 1 amide bonds. The van der Waals surface area contributed by atoms with Gasteiger partial charge in [-0.3, -0.25) is 4.79 Å². The van der Waals surface area contributed by atoms with Crippen LogP contribution in [0.3, 0.4) is 0 Å². The molecule has 5 rings (SSSR count). The number of carbonyl (C=O) groups excluding carboxylic acids is 1. The van der Waals surface area contributed by atoms with Gasteiger partial charge in [0.25, 0.3) is 11.6 Å². The van der Waals surface area contributed by atoms with Crippen molar-refractivity contribution in [2.45, 2.75) is 51.2 Å². The van der Waals surface area contributed by atoms with Gasteiger partial charge in [-0.05, 0) is 70.5 Å². The first-order chi connectivity index (χ1) is 14.0. The zero-order valence-corrected chi connectivity index (χ0v) is 17.8. The largest absolute Gasteiger partial charge is 0.380 e. The van der Waals surface area contributed by atoms with Crippen molar-refractivity contribution < 1.29 is 14.1 Å². The Hall–Kier alpha value is -1.99. The minimum Gasteiger partial charge on any atom is -0.380 e. The molecule has 0 radical (unpaired) electrons. The van der Waals surface area contributed by atoms with Crippen LogP contribution in [-0.2, 0) is 17.6 Å². The van der Waals surface area contributed by atoms with E-state index in [9.17, 15) is 4.79 Å². The lowest BCUT2D eigenvalue weighted by molar-refractivity contribution is -0.0209. The number of methoxy groups -OCH3 is 1. The molecular formula is C22H30N4O3. The fraction of sp³-hybridized carbons (Fsp3) is 0.682. The summed E-state index contributed by atoms with van der Waals surface area (Å²) in [6.45, 7) is 3.54. The van der Waals surface area contributed by atoms with Crippen LogP contribution in [0.15, 0.2) is 4.52 Å². The maximum atomic E-state index is 13.8. The third-order valence-electron chi connectivity index (χ3n) is 7.37. The predicted octanol–water partition coefficient (Wildman–Crippen LogP) is 2.45. The Morgan fingerprint density at radius 3 is 2.69 bits per heavy atom. The molecule has 2 aromatic rings. The molecule has 3 heterocycles. The molecule has 2 fully saturated rings. The molecule has 29 heavy (non-hydrogen) atoms. The van der Waals surface area contributed by atoms with E-state index in [1.54, 1.807) is 0 Å². The summed E-state index contributed by atoms with van der Waals surface area (Å²) in [6.07, 6.45) is 5.21. The first kappa shape index (κ1) is 19.0. The summed E-state index contributed by atoms with van der Waals surface area (Å²) in [5.74, 6) is 1.17. The summed E-state index contributed by atoms with van der Waals surface area (Å²) in [4.78, 5) is 22.8. The Labute approximate surface area is 171 Å². The van der Waals surface area contributed by atoms with Crippen LogP contribution in [0.2, 0.25) is 0 Å². The van der Waals surface area contributed by atoms with Crippen molar-refractivity contribution in [1.82, 2.24) is 19.9 Å². The molecule has 7 nitrogen and oxygen atoms in total. The number of ether oxygens (including phenoxy) is 1. The molecule has 156 valence electrons. The van der Waals surface area contributed by atoms with Crippen molar-refractivity contribution in [1.29, 1.82) is 0 Å². The van der Waals surface area contributed by atoms with E-state index in [4.69, 9.17) is 9.26 Å². The molecule has 7 heteroatoms. The highest BCUT2D eigenvalue weighted by Crippen LogP contribution is 2.40. The fourth-order valence-corrected chi connectivity index (χ4v) is 5.86.